The number of hydrogen-bond acceptors (Lipinski definition) is 2. The van der Waals surface area contributed by atoms with Gasteiger partial charge in [-0.3, -0.25) is 0 Å². The van der Waals surface area contributed by atoms with E-state index in [9.17, 15) is 0 Å². The molecule has 3 rings (SSSR count). The van der Waals surface area contributed by atoms with Crippen LogP contribution in [-0.4, -0.2) is 12.2 Å². The topological polar surface area (TPSA) is 35.2 Å². The first kappa shape index (κ1) is 16.0. The fourth-order valence-electron chi connectivity index (χ4n) is 3.96. The van der Waals surface area contributed by atoms with E-state index in [1.54, 1.807) is 0 Å². The van der Waals surface area contributed by atoms with E-state index in [2.05, 4.69) is 50.1 Å². The second-order valence-corrected chi connectivity index (χ2v) is 8.40. The number of rotatable bonds is 2. The third kappa shape index (κ3) is 3.72. The van der Waals surface area contributed by atoms with Crippen LogP contribution in [0.5, 0.6) is 0 Å². The number of ether oxygens (including phenoxy) is 1. The molecule has 1 heterocycles. The standard InChI is InChI=1S/C17H23Br2NO/c18-14-8-13(9-15(19)10-14)16(20)12-4-7-21-17(11-12)5-2-1-3-6-17/h8-10,12,16H,1-7,11,20H2. The molecule has 2 unspecified atom stereocenters. The number of halogens is 2. The van der Waals surface area contributed by atoms with Crippen LogP contribution in [0.15, 0.2) is 27.1 Å². The quantitative estimate of drug-likeness (QED) is 0.705. The zero-order chi connectivity index (χ0) is 14.9. The van der Waals surface area contributed by atoms with E-state index in [0.29, 0.717) is 5.92 Å². The number of benzene rings is 1. The van der Waals surface area contributed by atoms with Gasteiger partial charge < -0.3 is 10.5 Å². The second-order valence-electron chi connectivity index (χ2n) is 6.57. The molecule has 2 atom stereocenters. The molecule has 1 aromatic rings. The molecule has 1 aromatic carbocycles. The second kappa shape index (κ2) is 6.69. The molecule has 1 aliphatic carbocycles. The van der Waals surface area contributed by atoms with Crippen molar-refractivity contribution in [2.75, 3.05) is 6.61 Å². The van der Waals surface area contributed by atoms with E-state index in [1.807, 2.05) is 0 Å². The summed E-state index contributed by atoms with van der Waals surface area (Å²) in [5.74, 6) is 0.526. The third-order valence-electron chi connectivity index (χ3n) is 5.07. The van der Waals surface area contributed by atoms with Crippen molar-refractivity contribution in [1.29, 1.82) is 0 Å². The molecular formula is C17H23Br2NO. The normalized spacial score (nSPS) is 26.7. The summed E-state index contributed by atoms with van der Waals surface area (Å²) < 4.78 is 8.37. The van der Waals surface area contributed by atoms with Crippen molar-refractivity contribution in [1.82, 2.24) is 0 Å². The molecule has 0 aromatic heterocycles. The predicted molar refractivity (Wildman–Crippen MR) is 93.3 cm³/mol. The first-order valence-corrected chi connectivity index (χ1v) is 9.52. The molecule has 0 bridgehead atoms. The van der Waals surface area contributed by atoms with Crippen molar-refractivity contribution >= 4 is 31.9 Å². The highest BCUT2D eigenvalue weighted by molar-refractivity contribution is 9.11. The third-order valence-corrected chi connectivity index (χ3v) is 5.99. The van der Waals surface area contributed by atoms with Gasteiger partial charge in [0.1, 0.15) is 0 Å². The maximum atomic E-state index is 6.60. The molecule has 4 heteroatoms. The first-order chi connectivity index (χ1) is 10.1. The van der Waals surface area contributed by atoms with E-state index in [-0.39, 0.29) is 11.6 Å². The Balaban J connectivity index is 1.76. The molecule has 1 saturated carbocycles. The molecular weight excluding hydrogens is 394 g/mol. The molecule has 0 amide bonds. The zero-order valence-corrected chi connectivity index (χ0v) is 15.5. The van der Waals surface area contributed by atoms with Crippen molar-refractivity contribution in [3.05, 3.63) is 32.7 Å². The van der Waals surface area contributed by atoms with Crippen LogP contribution in [-0.2, 0) is 4.74 Å². The largest absolute Gasteiger partial charge is 0.375 e. The lowest BCUT2D eigenvalue weighted by atomic mass is 9.73. The molecule has 116 valence electrons. The highest BCUT2D eigenvalue weighted by Crippen LogP contribution is 2.44. The van der Waals surface area contributed by atoms with Gasteiger partial charge in [0, 0.05) is 21.6 Å². The van der Waals surface area contributed by atoms with Gasteiger partial charge in [-0.25, -0.2) is 0 Å². The summed E-state index contributed by atoms with van der Waals surface area (Å²) >= 11 is 7.13. The summed E-state index contributed by atoms with van der Waals surface area (Å²) in [5.41, 5.74) is 7.94. The summed E-state index contributed by atoms with van der Waals surface area (Å²) in [4.78, 5) is 0. The van der Waals surface area contributed by atoms with Crippen LogP contribution >= 0.6 is 31.9 Å². The highest BCUT2D eigenvalue weighted by Gasteiger charge is 2.40. The molecule has 21 heavy (non-hydrogen) atoms. The SMILES string of the molecule is NC(c1cc(Br)cc(Br)c1)C1CCOC2(CCCCC2)C1. The van der Waals surface area contributed by atoms with Crippen LogP contribution in [0.25, 0.3) is 0 Å². The maximum absolute atomic E-state index is 6.60. The van der Waals surface area contributed by atoms with Gasteiger partial charge >= 0.3 is 0 Å². The molecule has 1 saturated heterocycles. The van der Waals surface area contributed by atoms with Crippen molar-refractivity contribution in [2.24, 2.45) is 11.7 Å². The van der Waals surface area contributed by atoms with Gasteiger partial charge in [0.05, 0.1) is 5.60 Å². The molecule has 0 radical (unpaired) electrons. The average molecular weight is 417 g/mol. The lowest BCUT2D eigenvalue weighted by molar-refractivity contribution is -0.120. The van der Waals surface area contributed by atoms with Gasteiger partial charge in [-0.2, -0.15) is 0 Å². The summed E-state index contributed by atoms with van der Waals surface area (Å²) in [6.07, 6.45) is 8.62. The van der Waals surface area contributed by atoms with Crippen LogP contribution in [0.4, 0.5) is 0 Å². The number of hydrogen-bond donors (Lipinski definition) is 1. The molecule has 1 aliphatic heterocycles. The van der Waals surface area contributed by atoms with Gasteiger partial charge in [0.2, 0.25) is 0 Å². The molecule has 2 nitrogen and oxygen atoms in total. The van der Waals surface area contributed by atoms with Crippen LogP contribution in [0.2, 0.25) is 0 Å². The fraction of sp³-hybridized carbons (Fsp3) is 0.647. The van der Waals surface area contributed by atoms with Gasteiger partial charge in [0.25, 0.3) is 0 Å². The Morgan fingerprint density at radius 2 is 1.76 bits per heavy atom. The fourth-order valence-corrected chi connectivity index (χ4v) is 5.29. The van der Waals surface area contributed by atoms with Crippen molar-refractivity contribution < 1.29 is 4.74 Å². The zero-order valence-electron chi connectivity index (χ0n) is 12.3. The van der Waals surface area contributed by atoms with Crippen LogP contribution < -0.4 is 5.73 Å². The van der Waals surface area contributed by atoms with E-state index in [0.717, 1.165) is 28.4 Å². The van der Waals surface area contributed by atoms with Crippen molar-refractivity contribution in [3.8, 4) is 0 Å². The van der Waals surface area contributed by atoms with E-state index in [1.165, 1.54) is 37.7 Å². The number of nitrogens with two attached hydrogens (primary N) is 1. The summed E-state index contributed by atoms with van der Waals surface area (Å²) in [7, 11) is 0. The Bertz CT molecular complexity index is 474. The molecule has 2 fully saturated rings. The van der Waals surface area contributed by atoms with Gasteiger partial charge in [-0.15, -0.1) is 0 Å². The van der Waals surface area contributed by atoms with Gasteiger partial charge in [-0.05, 0) is 55.4 Å². The van der Waals surface area contributed by atoms with Crippen molar-refractivity contribution in [2.45, 2.75) is 56.6 Å². The van der Waals surface area contributed by atoms with Crippen molar-refractivity contribution in [3.63, 3.8) is 0 Å². The minimum atomic E-state index is 0.0986. The average Bonchev–Trinajstić information content (AvgIpc) is 2.46. The smallest absolute Gasteiger partial charge is 0.0685 e. The van der Waals surface area contributed by atoms with E-state index >= 15 is 0 Å². The van der Waals surface area contributed by atoms with Gasteiger partial charge in [-0.1, -0.05) is 51.1 Å². The summed E-state index contributed by atoms with van der Waals surface area (Å²) in [6.45, 7) is 0.869. The lowest BCUT2D eigenvalue weighted by Crippen LogP contribution is -2.44. The molecule has 2 aliphatic rings. The van der Waals surface area contributed by atoms with E-state index in [4.69, 9.17) is 10.5 Å². The Morgan fingerprint density at radius 3 is 2.43 bits per heavy atom. The van der Waals surface area contributed by atoms with E-state index < -0.39 is 0 Å². The monoisotopic (exact) mass is 415 g/mol. The predicted octanol–water partition coefficient (Wildman–Crippen LogP) is 5.34. The minimum Gasteiger partial charge on any atom is -0.375 e. The highest BCUT2D eigenvalue weighted by atomic mass is 79.9. The lowest BCUT2D eigenvalue weighted by Gasteiger charge is -2.45. The Morgan fingerprint density at radius 1 is 1.10 bits per heavy atom. The maximum Gasteiger partial charge on any atom is 0.0685 e. The molecule has 2 N–H and O–H groups in total. The Labute approximate surface area is 144 Å². The minimum absolute atomic E-state index is 0.0986. The first-order valence-electron chi connectivity index (χ1n) is 7.94. The summed E-state index contributed by atoms with van der Waals surface area (Å²) in [6, 6.07) is 6.46. The Kier molecular flexibility index (Phi) is 5.09. The van der Waals surface area contributed by atoms with Gasteiger partial charge in [0.15, 0.2) is 0 Å². The van der Waals surface area contributed by atoms with Crippen LogP contribution in [0, 0.1) is 5.92 Å². The van der Waals surface area contributed by atoms with Crippen LogP contribution in [0.1, 0.15) is 56.6 Å². The summed E-state index contributed by atoms with van der Waals surface area (Å²) in [5, 5.41) is 0. The Hall–Kier alpha value is 0.1000. The molecule has 1 spiro atoms. The van der Waals surface area contributed by atoms with Crippen LogP contribution in [0.3, 0.4) is 0 Å².